The maximum Gasteiger partial charge on any atom is 0.235 e. The van der Waals surface area contributed by atoms with E-state index in [1.807, 2.05) is 12.1 Å². The van der Waals surface area contributed by atoms with Gasteiger partial charge in [0, 0.05) is 28.2 Å². The smallest absolute Gasteiger partial charge is 0.235 e. The summed E-state index contributed by atoms with van der Waals surface area (Å²) in [5, 5.41) is 4.05. The third kappa shape index (κ3) is 2.36. The lowest BCUT2D eigenvalue weighted by Crippen LogP contribution is -2.28. The topological polar surface area (TPSA) is 44.9 Å². The Morgan fingerprint density at radius 1 is 1.17 bits per heavy atom. The molecule has 122 valence electrons. The molecule has 3 nitrogen and oxygen atoms in total. The van der Waals surface area contributed by atoms with E-state index in [2.05, 4.69) is 10.3 Å². The minimum atomic E-state index is -0.791. The number of aromatic nitrogens is 1. The van der Waals surface area contributed by atoms with Gasteiger partial charge in [-0.3, -0.25) is 4.79 Å². The van der Waals surface area contributed by atoms with Crippen LogP contribution in [0, 0.1) is 11.6 Å². The molecule has 1 fully saturated rings. The van der Waals surface area contributed by atoms with Gasteiger partial charge in [0.25, 0.3) is 0 Å². The van der Waals surface area contributed by atoms with E-state index in [-0.39, 0.29) is 11.6 Å². The lowest BCUT2D eigenvalue weighted by Gasteiger charge is -2.15. The highest BCUT2D eigenvalue weighted by molar-refractivity contribution is 6.31. The zero-order valence-electron chi connectivity index (χ0n) is 12.5. The number of aromatic amines is 1. The van der Waals surface area contributed by atoms with Crippen molar-refractivity contribution in [1.82, 2.24) is 4.98 Å². The van der Waals surface area contributed by atoms with Crippen LogP contribution in [0.25, 0.3) is 10.9 Å². The molecule has 0 aliphatic heterocycles. The predicted molar refractivity (Wildman–Crippen MR) is 89.2 cm³/mol. The van der Waals surface area contributed by atoms with E-state index >= 15 is 0 Å². The Hall–Kier alpha value is -2.40. The van der Waals surface area contributed by atoms with Gasteiger partial charge in [-0.1, -0.05) is 11.6 Å². The Balaban J connectivity index is 1.69. The maximum absolute atomic E-state index is 13.8. The van der Waals surface area contributed by atoms with Crippen LogP contribution in [0.2, 0.25) is 5.02 Å². The number of hydrogen-bond donors (Lipinski definition) is 2. The summed E-state index contributed by atoms with van der Waals surface area (Å²) in [6.45, 7) is 0. The summed E-state index contributed by atoms with van der Waals surface area (Å²) in [6, 6.07) is 8.54. The standard InChI is InChI=1S/C18H13ClF2N2O/c19-10-1-3-15-12(7-10)13(9-22-15)18(5-6-18)17(24)23-16-4-2-11(20)8-14(16)21/h1-4,7-9,22H,5-6H2,(H,23,24). The molecule has 2 N–H and O–H groups in total. The summed E-state index contributed by atoms with van der Waals surface area (Å²) >= 11 is 6.06. The lowest BCUT2D eigenvalue weighted by molar-refractivity contribution is -0.118. The first-order valence-electron chi connectivity index (χ1n) is 7.53. The highest BCUT2D eigenvalue weighted by atomic mass is 35.5. The molecule has 1 aliphatic rings. The minimum Gasteiger partial charge on any atom is -0.361 e. The molecule has 1 amide bonds. The van der Waals surface area contributed by atoms with E-state index < -0.39 is 17.0 Å². The molecule has 3 aromatic rings. The molecule has 4 rings (SSSR count). The van der Waals surface area contributed by atoms with Gasteiger partial charge in [-0.15, -0.1) is 0 Å². The number of fused-ring (bicyclic) bond motifs is 1. The summed E-state index contributed by atoms with van der Waals surface area (Å²) in [6.07, 6.45) is 3.14. The molecule has 6 heteroatoms. The van der Waals surface area contributed by atoms with Crippen molar-refractivity contribution in [3.8, 4) is 0 Å². The van der Waals surface area contributed by atoms with Crippen LogP contribution in [0.4, 0.5) is 14.5 Å². The van der Waals surface area contributed by atoms with E-state index in [1.54, 1.807) is 12.3 Å². The first-order valence-corrected chi connectivity index (χ1v) is 7.91. The molecule has 0 bridgehead atoms. The van der Waals surface area contributed by atoms with Gasteiger partial charge in [0.2, 0.25) is 5.91 Å². The van der Waals surface area contributed by atoms with Crippen molar-refractivity contribution in [1.29, 1.82) is 0 Å². The monoisotopic (exact) mass is 346 g/mol. The molecule has 0 saturated heterocycles. The summed E-state index contributed by atoms with van der Waals surface area (Å²) < 4.78 is 26.8. The van der Waals surface area contributed by atoms with E-state index in [4.69, 9.17) is 11.6 Å². The van der Waals surface area contributed by atoms with Gasteiger partial charge in [0.05, 0.1) is 11.1 Å². The normalized spacial score (nSPS) is 15.5. The Bertz CT molecular complexity index is 963. The number of amides is 1. The van der Waals surface area contributed by atoms with Gasteiger partial charge in [-0.25, -0.2) is 8.78 Å². The molecular formula is C18H13ClF2N2O. The van der Waals surface area contributed by atoms with Crippen LogP contribution >= 0.6 is 11.6 Å². The van der Waals surface area contributed by atoms with Crippen LogP contribution in [0.3, 0.4) is 0 Å². The zero-order valence-corrected chi connectivity index (χ0v) is 13.3. The second-order valence-corrected chi connectivity index (χ2v) is 6.49. The van der Waals surface area contributed by atoms with E-state index in [0.717, 1.165) is 28.6 Å². The molecule has 1 aliphatic carbocycles. The van der Waals surface area contributed by atoms with Crippen molar-refractivity contribution in [3.63, 3.8) is 0 Å². The molecular weight excluding hydrogens is 334 g/mol. The zero-order chi connectivity index (χ0) is 16.9. The first kappa shape index (κ1) is 15.1. The number of H-pyrrole nitrogens is 1. The van der Waals surface area contributed by atoms with Crippen LogP contribution in [0.5, 0.6) is 0 Å². The van der Waals surface area contributed by atoms with Crippen molar-refractivity contribution in [3.05, 3.63) is 64.8 Å². The number of carbonyl (C=O) groups excluding carboxylic acids is 1. The largest absolute Gasteiger partial charge is 0.361 e. The van der Waals surface area contributed by atoms with Crippen molar-refractivity contribution >= 4 is 34.1 Å². The van der Waals surface area contributed by atoms with Crippen molar-refractivity contribution in [2.24, 2.45) is 0 Å². The fraction of sp³-hybridized carbons (Fsp3) is 0.167. The Kier molecular flexibility index (Phi) is 3.35. The van der Waals surface area contributed by atoms with E-state index in [0.29, 0.717) is 17.9 Å². The number of anilines is 1. The SMILES string of the molecule is O=C(Nc1ccc(F)cc1F)C1(c2c[nH]c3ccc(Cl)cc23)CC1. The maximum atomic E-state index is 13.8. The third-order valence-corrected chi connectivity index (χ3v) is 4.76. The van der Waals surface area contributed by atoms with Gasteiger partial charge < -0.3 is 10.3 Å². The first-order chi connectivity index (χ1) is 11.5. The number of benzene rings is 2. The summed E-state index contributed by atoms with van der Waals surface area (Å²) in [5.74, 6) is -1.77. The van der Waals surface area contributed by atoms with Crippen molar-refractivity contribution < 1.29 is 13.6 Å². The van der Waals surface area contributed by atoms with E-state index in [9.17, 15) is 13.6 Å². The Morgan fingerprint density at radius 3 is 2.67 bits per heavy atom. The predicted octanol–water partition coefficient (Wildman–Crippen LogP) is 4.77. The number of nitrogens with one attached hydrogen (secondary N) is 2. The number of hydrogen-bond acceptors (Lipinski definition) is 1. The molecule has 1 heterocycles. The van der Waals surface area contributed by atoms with Crippen LogP contribution < -0.4 is 5.32 Å². The highest BCUT2D eigenvalue weighted by Crippen LogP contribution is 2.51. The van der Waals surface area contributed by atoms with Crippen LogP contribution in [0.15, 0.2) is 42.6 Å². The van der Waals surface area contributed by atoms with Crippen molar-refractivity contribution in [2.75, 3.05) is 5.32 Å². The third-order valence-electron chi connectivity index (χ3n) is 4.52. The van der Waals surface area contributed by atoms with Gasteiger partial charge >= 0.3 is 0 Å². The molecule has 0 atom stereocenters. The quantitative estimate of drug-likeness (QED) is 0.705. The Labute approximate surface area is 141 Å². The fourth-order valence-electron chi connectivity index (χ4n) is 3.07. The van der Waals surface area contributed by atoms with Crippen LogP contribution in [0.1, 0.15) is 18.4 Å². The molecule has 24 heavy (non-hydrogen) atoms. The number of halogens is 3. The van der Waals surface area contributed by atoms with Gasteiger partial charge in [-0.2, -0.15) is 0 Å². The van der Waals surface area contributed by atoms with Crippen molar-refractivity contribution in [2.45, 2.75) is 18.3 Å². The lowest BCUT2D eigenvalue weighted by atomic mass is 9.94. The molecule has 0 unspecified atom stereocenters. The number of carbonyl (C=O) groups is 1. The van der Waals surface area contributed by atoms with Gasteiger partial charge in [0.1, 0.15) is 11.6 Å². The van der Waals surface area contributed by atoms with Crippen LogP contribution in [-0.2, 0) is 10.2 Å². The number of rotatable bonds is 3. The average molecular weight is 347 g/mol. The summed E-state index contributed by atoms with van der Waals surface area (Å²) in [7, 11) is 0. The summed E-state index contributed by atoms with van der Waals surface area (Å²) in [5.41, 5.74) is 1.01. The second-order valence-electron chi connectivity index (χ2n) is 6.05. The second kappa shape index (κ2) is 5.31. The minimum absolute atomic E-state index is 0.0226. The Morgan fingerprint density at radius 2 is 1.96 bits per heavy atom. The molecule has 0 radical (unpaired) electrons. The fourth-order valence-corrected chi connectivity index (χ4v) is 3.24. The summed E-state index contributed by atoms with van der Waals surface area (Å²) in [4.78, 5) is 15.9. The van der Waals surface area contributed by atoms with Crippen LogP contribution in [-0.4, -0.2) is 10.9 Å². The average Bonchev–Trinajstić information content (AvgIpc) is 3.24. The molecule has 0 spiro atoms. The molecule has 1 saturated carbocycles. The van der Waals surface area contributed by atoms with Gasteiger partial charge in [0.15, 0.2) is 0 Å². The molecule has 1 aromatic heterocycles. The van der Waals surface area contributed by atoms with Gasteiger partial charge in [-0.05, 0) is 48.7 Å². The molecule has 2 aromatic carbocycles. The highest BCUT2D eigenvalue weighted by Gasteiger charge is 2.52. The van der Waals surface area contributed by atoms with E-state index in [1.165, 1.54) is 6.07 Å².